The molecule has 0 saturated carbocycles. The number of esters is 1. The number of hydrogen-bond acceptors (Lipinski definition) is 3. The van der Waals surface area contributed by atoms with E-state index in [4.69, 9.17) is 5.11 Å². The number of methoxy groups -OCH3 is 1. The molecule has 4 nitrogen and oxygen atoms in total. The summed E-state index contributed by atoms with van der Waals surface area (Å²) in [5.74, 6) is -1.84. The Morgan fingerprint density at radius 2 is 2.00 bits per heavy atom. The Hall–Kier alpha value is 0.161. The Morgan fingerprint density at radius 1 is 1.50 bits per heavy atom. The van der Waals surface area contributed by atoms with Crippen molar-refractivity contribution in [3.63, 3.8) is 0 Å². The fraction of sp³-hybridized carbons (Fsp3) is 0.200. The zero-order valence-corrected chi connectivity index (χ0v) is 9.01. The summed E-state index contributed by atoms with van der Waals surface area (Å²) in [6.07, 6.45) is 1.55. The first kappa shape index (κ1) is 12.8. The van der Waals surface area contributed by atoms with Crippen LogP contribution < -0.4 is 0 Å². The van der Waals surface area contributed by atoms with E-state index in [2.05, 4.69) is 4.74 Å². The van der Waals surface area contributed by atoms with Crippen LogP contribution >= 0.6 is 0 Å². The van der Waals surface area contributed by atoms with Gasteiger partial charge in [-0.1, -0.05) is 0 Å². The summed E-state index contributed by atoms with van der Waals surface area (Å²) in [5, 5.41) is 7.96. The molecule has 0 atom stereocenters. The number of aliphatic carboxylic acids is 1. The molecule has 0 aromatic heterocycles. The van der Waals surface area contributed by atoms with Crippen molar-refractivity contribution < 1.29 is 22.3 Å². The number of carbonyl (C=O) groups is 2. The summed E-state index contributed by atoms with van der Waals surface area (Å²) in [6.45, 7) is 0. The molecular weight excluding hydrogens is 212 g/mol. The molecule has 0 spiro atoms. The van der Waals surface area contributed by atoms with Crippen LogP contribution in [-0.2, 0) is 14.3 Å². The SMILES string of the molecule is COC(=O)C=CC(=O)O.[H-].[H-].[Sr+2]. The summed E-state index contributed by atoms with van der Waals surface area (Å²) in [5.41, 5.74) is 0. The molecule has 1 N–H and O–H groups in total. The van der Waals surface area contributed by atoms with Crippen molar-refractivity contribution in [3.05, 3.63) is 12.2 Å². The van der Waals surface area contributed by atoms with E-state index < -0.39 is 11.9 Å². The summed E-state index contributed by atoms with van der Waals surface area (Å²) in [4.78, 5) is 19.9. The van der Waals surface area contributed by atoms with Crippen molar-refractivity contribution in [1.82, 2.24) is 0 Å². The van der Waals surface area contributed by atoms with Gasteiger partial charge in [-0.05, 0) is 0 Å². The standard InChI is InChI=1S/C5H6O4.Sr.2H/c1-9-5(8)3-2-4(6)7;;;/h2-3H,1H3,(H,6,7);;;/q;+2;2*-1. The van der Waals surface area contributed by atoms with Crippen molar-refractivity contribution in [3.8, 4) is 0 Å². The maximum absolute atomic E-state index is 10.1. The number of carboxylic acid groups (broad SMARTS) is 1. The molecule has 54 valence electrons. The molecule has 0 rings (SSSR count). The minimum absolute atomic E-state index is 0. The maximum atomic E-state index is 10.1. The third-order valence-electron chi connectivity index (χ3n) is 0.563. The summed E-state index contributed by atoms with van der Waals surface area (Å²) in [7, 11) is 1.18. The van der Waals surface area contributed by atoms with Crippen LogP contribution in [0.3, 0.4) is 0 Å². The summed E-state index contributed by atoms with van der Waals surface area (Å²) < 4.78 is 4.11. The molecule has 10 heavy (non-hydrogen) atoms. The maximum Gasteiger partial charge on any atom is 2.00 e. The number of carbonyl (C=O) groups excluding carboxylic acids is 1. The third kappa shape index (κ3) is 8.16. The molecule has 0 aromatic carbocycles. The molecule has 0 amide bonds. The van der Waals surface area contributed by atoms with Gasteiger partial charge in [0.15, 0.2) is 0 Å². The quantitative estimate of drug-likeness (QED) is 0.392. The normalized spacial score (nSPS) is 8.50. The van der Waals surface area contributed by atoms with Gasteiger partial charge in [0.25, 0.3) is 0 Å². The zero-order chi connectivity index (χ0) is 7.28. The van der Waals surface area contributed by atoms with Gasteiger partial charge in [0.2, 0.25) is 0 Å². The topological polar surface area (TPSA) is 63.6 Å². The molecule has 0 aliphatic rings. The molecular formula is C5H8O4Sr. The average Bonchev–Trinajstić information content (AvgIpc) is 1.83. The van der Waals surface area contributed by atoms with Crippen molar-refractivity contribution >= 4 is 57.4 Å². The van der Waals surface area contributed by atoms with E-state index in [-0.39, 0.29) is 48.3 Å². The van der Waals surface area contributed by atoms with E-state index in [1.807, 2.05) is 0 Å². The second-order valence-electron chi connectivity index (χ2n) is 1.19. The number of rotatable bonds is 2. The van der Waals surface area contributed by atoms with Crippen LogP contribution in [0.1, 0.15) is 2.85 Å². The average molecular weight is 220 g/mol. The molecule has 0 unspecified atom stereocenters. The number of carboxylic acids is 1. The van der Waals surface area contributed by atoms with Gasteiger partial charge in [-0.3, -0.25) is 0 Å². The largest absolute Gasteiger partial charge is 2.00 e. The van der Waals surface area contributed by atoms with Crippen LogP contribution in [0.5, 0.6) is 0 Å². The van der Waals surface area contributed by atoms with Crippen LogP contribution in [0, 0.1) is 0 Å². The van der Waals surface area contributed by atoms with Gasteiger partial charge in [0.05, 0.1) is 7.11 Å². The minimum atomic E-state index is -1.17. The fourth-order valence-electron chi connectivity index (χ4n) is 0.207. The van der Waals surface area contributed by atoms with Gasteiger partial charge < -0.3 is 12.7 Å². The Labute approximate surface area is 98.1 Å². The van der Waals surface area contributed by atoms with Gasteiger partial charge in [0, 0.05) is 12.2 Å². The van der Waals surface area contributed by atoms with Crippen LogP contribution in [0.4, 0.5) is 0 Å². The van der Waals surface area contributed by atoms with E-state index in [1.54, 1.807) is 0 Å². The second kappa shape index (κ2) is 7.27. The molecule has 0 radical (unpaired) electrons. The van der Waals surface area contributed by atoms with Crippen LogP contribution in [0.25, 0.3) is 0 Å². The third-order valence-corrected chi connectivity index (χ3v) is 0.563. The summed E-state index contributed by atoms with van der Waals surface area (Å²) in [6, 6.07) is 0. The molecule has 0 aliphatic carbocycles. The van der Waals surface area contributed by atoms with E-state index >= 15 is 0 Å². The van der Waals surface area contributed by atoms with Crippen molar-refractivity contribution in [1.29, 1.82) is 0 Å². The molecule has 0 saturated heterocycles. The summed E-state index contributed by atoms with van der Waals surface area (Å²) >= 11 is 0. The molecule has 0 heterocycles. The molecule has 0 aliphatic heterocycles. The van der Waals surface area contributed by atoms with Gasteiger partial charge in [0.1, 0.15) is 0 Å². The van der Waals surface area contributed by atoms with Gasteiger partial charge >= 0.3 is 57.4 Å². The van der Waals surface area contributed by atoms with Crippen molar-refractivity contribution in [2.24, 2.45) is 0 Å². The zero-order valence-electron chi connectivity index (χ0n) is 7.53. The predicted molar refractivity (Wildman–Crippen MR) is 36.8 cm³/mol. The van der Waals surface area contributed by atoms with Crippen LogP contribution in [0.15, 0.2) is 12.2 Å². The Morgan fingerprint density at radius 3 is 2.30 bits per heavy atom. The van der Waals surface area contributed by atoms with Gasteiger partial charge in [-0.25, -0.2) is 9.59 Å². The Balaban J connectivity index is -0.000000107. The van der Waals surface area contributed by atoms with Crippen LogP contribution in [0.2, 0.25) is 0 Å². The Bertz CT molecular complexity index is 160. The van der Waals surface area contributed by atoms with E-state index in [0.29, 0.717) is 6.08 Å². The fourth-order valence-corrected chi connectivity index (χ4v) is 0.207. The van der Waals surface area contributed by atoms with E-state index in [1.165, 1.54) is 7.11 Å². The van der Waals surface area contributed by atoms with E-state index in [0.717, 1.165) is 6.08 Å². The molecule has 0 aromatic rings. The first-order valence-corrected chi connectivity index (χ1v) is 2.15. The molecule has 0 fully saturated rings. The van der Waals surface area contributed by atoms with Crippen molar-refractivity contribution in [2.45, 2.75) is 0 Å². The smallest absolute Gasteiger partial charge is 1.00 e. The Kier molecular flexibility index (Phi) is 9.31. The minimum Gasteiger partial charge on any atom is -1.00 e. The molecule has 5 heteroatoms. The second-order valence-corrected chi connectivity index (χ2v) is 1.19. The number of ether oxygens (including phenoxy) is 1. The van der Waals surface area contributed by atoms with Crippen molar-refractivity contribution in [2.75, 3.05) is 7.11 Å². The predicted octanol–water partition coefficient (Wildman–Crippen LogP) is -0.356. The molecule has 0 bridgehead atoms. The van der Waals surface area contributed by atoms with Gasteiger partial charge in [-0.15, -0.1) is 0 Å². The first-order chi connectivity index (χ1) is 4.16. The first-order valence-electron chi connectivity index (χ1n) is 2.15. The monoisotopic (exact) mass is 220 g/mol. The van der Waals surface area contributed by atoms with E-state index in [9.17, 15) is 9.59 Å². The number of hydrogen-bond donors (Lipinski definition) is 1. The van der Waals surface area contributed by atoms with Crippen LogP contribution in [-0.4, -0.2) is 69.6 Å². The van der Waals surface area contributed by atoms with Gasteiger partial charge in [-0.2, -0.15) is 0 Å².